The molecule has 0 spiro atoms. The molecule has 0 aliphatic heterocycles. The zero-order valence-electron chi connectivity index (χ0n) is 18.8. The third-order valence-corrected chi connectivity index (χ3v) is 6.27. The van der Waals surface area contributed by atoms with E-state index in [1.807, 2.05) is 56.3 Å². The van der Waals surface area contributed by atoms with Crippen molar-refractivity contribution < 1.29 is 18.0 Å². The summed E-state index contributed by atoms with van der Waals surface area (Å²) in [6, 6.07) is 14.1. The van der Waals surface area contributed by atoms with Crippen LogP contribution in [0.1, 0.15) is 30.0 Å². The van der Waals surface area contributed by atoms with E-state index in [0.29, 0.717) is 12.1 Å². The Labute approximate surface area is 185 Å². The lowest BCUT2D eigenvalue weighted by atomic mass is 10.1. The molecule has 31 heavy (non-hydrogen) atoms. The van der Waals surface area contributed by atoms with Crippen molar-refractivity contribution in [3.63, 3.8) is 0 Å². The molecule has 1 atom stereocenters. The molecule has 7 nitrogen and oxygen atoms in total. The summed E-state index contributed by atoms with van der Waals surface area (Å²) < 4.78 is 26.4. The number of sulfonamides is 1. The first kappa shape index (κ1) is 24.4. The van der Waals surface area contributed by atoms with Gasteiger partial charge in [0, 0.05) is 13.6 Å². The topological polar surface area (TPSA) is 86.8 Å². The van der Waals surface area contributed by atoms with Crippen molar-refractivity contribution in [2.45, 2.75) is 39.8 Å². The number of likely N-dealkylation sites (N-methyl/N-ethyl adjacent to an activating group) is 1. The Morgan fingerprint density at radius 1 is 1.06 bits per heavy atom. The van der Waals surface area contributed by atoms with E-state index >= 15 is 0 Å². The van der Waals surface area contributed by atoms with E-state index in [4.69, 9.17) is 0 Å². The molecule has 0 saturated carbocycles. The molecule has 2 amide bonds. The summed E-state index contributed by atoms with van der Waals surface area (Å²) in [6.45, 7) is 5.31. The van der Waals surface area contributed by atoms with Crippen molar-refractivity contribution in [2.24, 2.45) is 0 Å². The summed E-state index contributed by atoms with van der Waals surface area (Å²) in [5, 5.41) is 2.60. The summed E-state index contributed by atoms with van der Waals surface area (Å²) in [5.74, 6) is -0.727. The molecule has 2 aromatic carbocycles. The number of rotatable bonds is 9. The third-order valence-electron chi connectivity index (χ3n) is 5.14. The van der Waals surface area contributed by atoms with Crippen LogP contribution in [0.15, 0.2) is 48.5 Å². The number of nitrogens with one attached hydrogen (secondary N) is 1. The average Bonchev–Trinajstić information content (AvgIpc) is 2.73. The van der Waals surface area contributed by atoms with Crippen LogP contribution in [-0.2, 0) is 26.2 Å². The van der Waals surface area contributed by atoms with Crippen LogP contribution in [0.4, 0.5) is 5.69 Å². The van der Waals surface area contributed by atoms with Crippen LogP contribution < -0.4 is 9.62 Å². The van der Waals surface area contributed by atoms with Gasteiger partial charge in [0.1, 0.15) is 12.6 Å². The van der Waals surface area contributed by atoms with Crippen LogP contribution >= 0.6 is 0 Å². The van der Waals surface area contributed by atoms with Crippen molar-refractivity contribution in [1.29, 1.82) is 0 Å². The fourth-order valence-corrected chi connectivity index (χ4v) is 4.35. The van der Waals surface area contributed by atoms with E-state index < -0.39 is 22.0 Å². The van der Waals surface area contributed by atoms with Gasteiger partial charge in [-0.3, -0.25) is 13.9 Å². The minimum absolute atomic E-state index is 0.204. The van der Waals surface area contributed by atoms with E-state index in [9.17, 15) is 18.0 Å². The maximum absolute atomic E-state index is 13.4. The Morgan fingerprint density at radius 2 is 1.71 bits per heavy atom. The highest BCUT2D eigenvalue weighted by atomic mass is 32.2. The van der Waals surface area contributed by atoms with Gasteiger partial charge < -0.3 is 10.2 Å². The first-order valence-electron chi connectivity index (χ1n) is 10.2. The van der Waals surface area contributed by atoms with Crippen molar-refractivity contribution in [1.82, 2.24) is 10.2 Å². The van der Waals surface area contributed by atoms with E-state index in [1.54, 1.807) is 13.0 Å². The summed E-state index contributed by atoms with van der Waals surface area (Å²) in [7, 11) is -2.21. The van der Waals surface area contributed by atoms with Gasteiger partial charge in [-0.05, 0) is 43.0 Å². The number of aryl methyl sites for hydroxylation is 2. The Kier molecular flexibility index (Phi) is 8.21. The van der Waals surface area contributed by atoms with Gasteiger partial charge in [-0.25, -0.2) is 8.42 Å². The molecule has 0 unspecified atom stereocenters. The third kappa shape index (κ3) is 6.30. The predicted octanol–water partition coefficient (Wildman–Crippen LogP) is 2.62. The lowest BCUT2D eigenvalue weighted by Gasteiger charge is -2.33. The van der Waals surface area contributed by atoms with Crippen molar-refractivity contribution in [3.8, 4) is 0 Å². The highest BCUT2D eigenvalue weighted by Gasteiger charge is 2.31. The van der Waals surface area contributed by atoms with E-state index in [-0.39, 0.29) is 19.0 Å². The zero-order valence-corrected chi connectivity index (χ0v) is 19.6. The minimum atomic E-state index is -3.73. The van der Waals surface area contributed by atoms with Gasteiger partial charge in [0.05, 0.1) is 11.9 Å². The van der Waals surface area contributed by atoms with Crippen LogP contribution in [-0.4, -0.2) is 51.0 Å². The maximum atomic E-state index is 13.4. The monoisotopic (exact) mass is 445 g/mol. The van der Waals surface area contributed by atoms with E-state index in [2.05, 4.69) is 5.32 Å². The average molecular weight is 446 g/mol. The van der Waals surface area contributed by atoms with Gasteiger partial charge in [-0.15, -0.1) is 0 Å². The summed E-state index contributed by atoms with van der Waals surface area (Å²) in [4.78, 5) is 27.4. The maximum Gasteiger partial charge on any atom is 0.244 e. The Morgan fingerprint density at radius 3 is 2.26 bits per heavy atom. The molecule has 0 aromatic heterocycles. The van der Waals surface area contributed by atoms with Crippen LogP contribution in [0.2, 0.25) is 0 Å². The molecule has 0 radical (unpaired) electrons. The Bertz CT molecular complexity index is 1020. The fraction of sp³-hybridized carbons (Fsp3) is 0.391. The smallest absolute Gasteiger partial charge is 0.244 e. The van der Waals surface area contributed by atoms with Gasteiger partial charge in [0.15, 0.2) is 0 Å². The molecular formula is C23H31N3O4S. The molecule has 1 N–H and O–H groups in total. The van der Waals surface area contributed by atoms with Crippen LogP contribution in [0.25, 0.3) is 0 Å². The van der Waals surface area contributed by atoms with E-state index in [1.165, 1.54) is 11.9 Å². The molecule has 0 saturated heterocycles. The second-order valence-electron chi connectivity index (χ2n) is 7.61. The van der Waals surface area contributed by atoms with Crippen molar-refractivity contribution in [2.75, 3.05) is 24.2 Å². The van der Waals surface area contributed by atoms with Gasteiger partial charge >= 0.3 is 0 Å². The number of nitrogens with zero attached hydrogens (tertiary/aromatic N) is 2. The quantitative estimate of drug-likeness (QED) is 0.643. The summed E-state index contributed by atoms with van der Waals surface area (Å²) in [6.07, 6.45) is 1.49. The van der Waals surface area contributed by atoms with Gasteiger partial charge in [-0.2, -0.15) is 0 Å². The molecule has 0 heterocycles. The molecule has 2 rings (SSSR count). The largest absolute Gasteiger partial charge is 0.357 e. The van der Waals surface area contributed by atoms with Crippen LogP contribution in [0.5, 0.6) is 0 Å². The number of hydrogen-bond acceptors (Lipinski definition) is 4. The van der Waals surface area contributed by atoms with Crippen molar-refractivity contribution in [3.05, 3.63) is 65.2 Å². The molecule has 0 aliphatic rings. The standard InChI is InChI=1S/C23H31N3O4S/c1-6-20(23(28)24-4)25(15-19-10-8-7-9-11-19)22(27)16-26(31(5,29)30)21-14-17(2)12-13-18(21)3/h7-14,20H,6,15-16H2,1-5H3,(H,24,28)/t20-/m0/s1. The summed E-state index contributed by atoms with van der Waals surface area (Å²) in [5.41, 5.74) is 2.95. The Balaban J connectivity index is 2.45. The highest BCUT2D eigenvalue weighted by Crippen LogP contribution is 2.24. The predicted molar refractivity (Wildman–Crippen MR) is 123 cm³/mol. The second kappa shape index (κ2) is 10.4. The number of carbonyl (C=O) groups is 2. The SMILES string of the molecule is CC[C@@H](C(=O)NC)N(Cc1ccccc1)C(=O)CN(c1cc(C)ccc1C)S(C)(=O)=O. The molecule has 0 bridgehead atoms. The normalized spacial score (nSPS) is 12.2. The van der Waals surface area contributed by atoms with Crippen LogP contribution in [0, 0.1) is 13.8 Å². The van der Waals surface area contributed by atoms with Crippen LogP contribution in [0.3, 0.4) is 0 Å². The van der Waals surface area contributed by atoms with Gasteiger partial charge in [-0.1, -0.05) is 49.4 Å². The zero-order chi connectivity index (χ0) is 23.2. The minimum Gasteiger partial charge on any atom is -0.357 e. The Hall–Kier alpha value is -2.87. The molecular weight excluding hydrogens is 414 g/mol. The number of anilines is 1. The summed E-state index contributed by atoms with van der Waals surface area (Å²) >= 11 is 0. The highest BCUT2D eigenvalue weighted by molar-refractivity contribution is 7.92. The van der Waals surface area contributed by atoms with Crippen molar-refractivity contribution >= 4 is 27.5 Å². The fourth-order valence-electron chi connectivity index (χ4n) is 3.45. The second-order valence-corrected chi connectivity index (χ2v) is 9.51. The molecule has 8 heteroatoms. The van der Waals surface area contributed by atoms with Gasteiger partial charge in [0.25, 0.3) is 0 Å². The lowest BCUT2D eigenvalue weighted by molar-refractivity contribution is -0.140. The number of amides is 2. The molecule has 2 aromatic rings. The first-order chi connectivity index (χ1) is 14.6. The number of benzene rings is 2. The molecule has 168 valence electrons. The van der Waals surface area contributed by atoms with Gasteiger partial charge in [0.2, 0.25) is 21.8 Å². The van der Waals surface area contributed by atoms with E-state index in [0.717, 1.165) is 27.3 Å². The number of carbonyl (C=O) groups excluding carboxylic acids is 2. The molecule has 0 aliphatic carbocycles. The molecule has 0 fully saturated rings. The lowest BCUT2D eigenvalue weighted by Crippen LogP contribution is -2.51. The number of hydrogen-bond donors (Lipinski definition) is 1. The first-order valence-corrected chi connectivity index (χ1v) is 12.0.